The van der Waals surface area contributed by atoms with Gasteiger partial charge in [-0.25, -0.2) is 0 Å². The minimum Gasteiger partial charge on any atom is -0.496 e. The van der Waals surface area contributed by atoms with Crippen molar-refractivity contribution < 1.29 is 23.7 Å². The Kier molecular flexibility index (Phi) is 6.27. The molecular formula is C26H27N5O5S. The molecule has 2 aliphatic rings. The summed E-state index contributed by atoms with van der Waals surface area (Å²) in [6.45, 7) is 3.34. The molecule has 1 amide bonds. The molecule has 0 unspecified atom stereocenters. The van der Waals surface area contributed by atoms with E-state index < -0.39 is 0 Å². The minimum absolute atomic E-state index is 0.0918. The number of hydrogen-bond donors (Lipinski definition) is 2. The SMILES string of the molecule is COc1cc2c(Oc3ccc(C4CCC5(CC4)OCCO5)cc3)c(C(=O)Nc3nn[nH]n3)sc2cc1C. The molecule has 2 fully saturated rings. The number of carbonyl (C=O) groups excluding carboxylic acids is 1. The molecule has 10 nitrogen and oxygen atoms in total. The van der Waals surface area contributed by atoms with E-state index in [4.69, 9.17) is 18.9 Å². The summed E-state index contributed by atoms with van der Waals surface area (Å²) < 4.78 is 24.5. The third kappa shape index (κ3) is 4.65. The van der Waals surface area contributed by atoms with Crippen LogP contribution in [-0.4, -0.2) is 52.6 Å². The molecule has 1 saturated heterocycles. The van der Waals surface area contributed by atoms with Crippen molar-refractivity contribution in [1.82, 2.24) is 20.6 Å². The number of tetrazole rings is 1. The van der Waals surface area contributed by atoms with Gasteiger partial charge in [0.2, 0.25) is 0 Å². The second-order valence-electron chi connectivity index (χ2n) is 9.32. The van der Waals surface area contributed by atoms with E-state index in [1.807, 2.05) is 31.2 Å². The fraction of sp³-hybridized carbons (Fsp3) is 0.385. The number of nitrogens with one attached hydrogen (secondary N) is 2. The van der Waals surface area contributed by atoms with Crippen LogP contribution in [0.15, 0.2) is 36.4 Å². The Labute approximate surface area is 217 Å². The number of fused-ring (bicyclic) bond motifs is 1. The van der Waals surface area contributed by atoms with Gasteiger partial charge in [-0.15, -0.1) is 16.4 Å². The summed E-state index contributed by atoms with van der Waals surface area (Å²) in [6.07, 6.45) is 3.87. The van der Waals surface area contributed by atoms with Crippen LogP contribution < -0.4 is 14.8 Å². The van der Waals surface area contributed by atoms with Gasteiger partial charge in [-0.3, -0.25) is 10.1 Å². The number of ether oxygens (including phenoxy) is 4. The monoisotopic (exact) mass is 521 g/mol. The van der Waals surface area contributed by atoms with Crippen molar-refractivity contribution in [2.75, 3.05) is 25.6 Å². The number of aromatic nitrogens is 4. The van der Waals surface area contributed by atoms with Gasteiger partial charge in [0, 0.05) is 22.9 Å². The molecule has 192 valence electrons. The first-order valence-electron chi connectivity index (χ1n) is 12.3. The van der Waals surface area contributed by atoms with Gasteiger partial charge in [0.05, 0.1) is 20.3 Å². The van der Waals surface area contributed by atoms with E-state index in [9.17, 15) is 4.79 Å². The van der Waals surface area contributed by atoms with Gasteiger partial charge in [-0.2, -0.15) is 5.21 Å². The number of hydrogen-bond acceptors (Lipinski definition) is 9. The van der Waals surface area contributed by atoms with E-state index in [1.54, 1.807) is 7.11 Å². The van der Waals surface area contributed by atoms with E-state index in [0.717, 1.165) is 47.1 Å². The Balaban J connectivity index is 1.26. The fourth-order valence-electron chi connectivity index (χ4n) is 5.15. The maximum absolute atomic E-state index is 13.1. The van der Waals surface area contributed by atoms with Crippen LogP contribution in [0.25, 0.3) is 10.1 Å². The van der Waals surface area contributed by atoms with Crippen molar-refractivity contribution in [3.63, 3.8) is 0 Å². The lowest BCUT2D eigenvalue weighted by Crippen LogP contribution is -2.34. The highest BCUT2D eigenvalue weighted by Gasteiger charge is 2.40. The minimum atomic E-state index is -0.377. The molecule has 2 N–H and O–H groups in total. The second kappa shape index (κ2) is 9.73. The molecule has 0 bridgehead atoms. The van der Waals surface area contributed by atoms with Gasteiger partial charge >= 0.3 is 0 Å². The first kappa shape index (κ1) is 23.8. The van der Waals surface area contributed by atoms with Gasteiger partial charge in [0.15, 0.2) is 11.5 Å². The maximum Gasteiger partial charge on any atom is 0.272 e. The number of methoxy groups -OCH3 is 1. The molecule has 11 heteroatoms. The van der Waals surface area contributed by atoms with Crippen LogP contribution in [0, 0.1) is 6.92 Å². The lowest BCUT2D eigenvalue weighted by molar-refractivity contribution is -0.178. The second-order valence-corrected chi connectivity index (χ2v) is 10.4. The van der Waals surface area contributed by atoms with Crippen LogP contribution in [0.1, 0.15) is 52.4 Å². The summed E-state index contributed by atoms with van der Waals surface area (Å²) in [7, 11) is 1.63. The van der Waals surface area contributed by atoms with Crippen molar-refractivity contribution in [2.45, 2.75) is 44.3 Å². The van der Waals surface area contributed by atoms with E-state index in [-0.39, 0.29) is 17.6 Å². The van der Waals surface area contributed by atoms with Crippen LogP contribution in [0.5, 0.6) is 17.2 Å². The largest absolute Gasteiger partial charge is 0.496 e. The normalized spacial score (nSPS) is 17.4. The molecule has 1 aliphatic heterocycles. The molecule has 1 aliphatic carbocycles. The highest BCUT2D eigenvalue weighted by atomic mass is 32.1. The van der Waals surface area contributed by atoms with Crippen LogP contribution in [-0.2, 0) is 9.47 Å². The Morgan fingerprint density at radius 3 is 2.59 bits per heavy atom. The predicted octanol–water partition coefficient (Wildman–Crippen LogP) is 5.18. The third-order valence-electron chi connectivity index (χ3n) is 7.07. The number of benzene rings is 2. The maximum atomic E-state index is 13.1. The standard InChI is InChI=1S/C26H27N5O5S/c1-15-13-21-19(14-20(15)33-2)22(23(37-21)24(32)27-25-28-30-31-29-25)36-18-5-3-16(4-6-18)17-7-9-26(10-8-17)34-11-12-35-26/h3-6,13-14,17H,7-12H2,1-2H3,(H2,27,28,29,30,31,32). The van der Waals surface area contributed by atoms with Crippen molar-refractivity contribution in [3.05, 3.63) is 52.4 Å². The predicted molar refractivity (Wildman–Crippen MR) is 138 cm³/mol. The number of anilines is 1. The van der Waals surface area contributed by atoms with E-state index in [1.165, 1.54) is 16.9 Å². The lowest BCUT2D eigenvalue weighted by atomic mass is 9.81. The molecule has 1 spiro atoms. The Morgan fingerprint density at radius 1 is 1.16 bits per heavy atom. The molecule has 37 heavy (non-hydrogen) atoms. The molecule has 0 atom stereocenters. The summed E-state index contributed by atoms with van der Waals surface area (Å²) >= 11 is 1.34. The summed E-state index contributed by atoms with van der Waals surface area (Å²) in [5.74, 6) is 1.64. The quantitative estimate of drug-likeness (QED) is 0.356. The molecular weight excluding hydrogens is 494 g/mol. The zero-order valence-corrected chi connectivity index (χ0v) is 21.4. The zero-order chi connectivity index (χ0) is 25.4. The number of carbonyl (C=O) groups is 1. The van der Waals surface area contributed by atoms with Gasteiger partial charge in [-0.1, -0.05) is 17.2 Å². The van der Waals surface area contributed by atoms with Gasteiger partial charge in [0.1, 0.15) is 16.4 Å². The highest BCUT2D eigenvalue weighted by Crippen LogP contribution is 2.45. The average Bonchev–Trinajstić information content (AvgIpc) is 3.66. The molecule has 4 aromatic rings. The summed E-state index contributed by atoms with van der Waals surface area (Å²) in [5.41, 5.74) is 2.24. The third-order valence-corrected chi connectivity index (χ3v) is 8.20. The van der Waals surface area contributed by atoms with Gasteiger partial charge < -0.3 is 18.9 Å². The average molecular weight is 522 g/mol. The number of rotatable bonds is 6. The first-order chi connectivity index (χ1) is 18.0. The number of aryl methyl sites for hydroxylation is 1. The van der Waals surface area contributed by atoms with E-state index in [0.29, 0.717) is 35.5 Å². The summed E-state index contributed by atoms with van der Waals surface area (Å²) in [5, 5.41) is 16.9. The van der Waals surface area contributed by atoms with Gasteiger partial charge in [0.25, 0.3) is 11.9 Å². The molecule has 2 aromatic heterocycles. The van der Waals surface area contributed by atoms with E-state index >= 15 is 0 Å². The number of H-pyrrole nitrogens is 1. The van der Waals surface area contributed by atoms with Crippen molar-refractivity contribution in [1.29, 1.82) is 0 Å². The first-order valence-corrected chi connectivity index (χ1v) is 13.1. The highest BCUT2D eigenvalue weighted by molar-refractivity contribution is 7.21. The molecule has 1 saturated carbocycles. The zero-order valence-electron chi connectivity index (χ0n) is 20.6. The Bertz CT molecular complexity index is 1400. The summed E-state index contributed by atoms with van der Waals surface area (Å²) in [6, 6.07) is 12.0. The number of thiophene rings is 1. The van der Waals surface area contributed by atoms with Crippen molar-refractivity contribution in [3.8, 4) is 17.2 Å². The number of aromatic amines is 1. The fourth-order valence-corrected chi connectivity index (χ4v) is 6.25. The molecule has 2 aromatic carbocycles. The van der Waals surface area contributed by atoms with Crippen LogP contribution >= 0.6 is 11.3 Å². The number of amides is 1. The molecule has 3 heterocycles. The summed E-state index contributed by atoms with van der Waals surface area (Å²) in [4.78, 5) is 13.6. The van der Waals surface area contributed by atoms with Gasteiger partial charge in [-0.05, 0) is 66.3 Å². The lowest BCUT2D eigenvalue weighted by Gasteiger charge is -2.35. The van der Waals surface area contributed by atoms with Crippen LogP contribution in [0.4, 0.5) is 5.95 Å². The van der Waals surface area contributed by atoms with E-state index in [2.05, 4.69) is 38.1 Å². The molecule has 6 rings (SSSR count). The van der Waals surface area contributed by atoms with Crippen LogP contribution in [0.2, 0.25) is 0 Å². The van der Waals surface area contributed by atoms with Crippen LogP contribution in [0.3, 0.4) is 0 Å². The molecule has 0 radical (unpaired) electrons. The Morgan fingerprint density at radius 2 is 1.92 bits per heavy atom. The topological polar surface area (TPSA) is 120 Å². The Hall–Kier alpha value is -3.54. The number of nitrogens with zero attached hydrogens (tertiary/aromatic N) is 3. The van der Waals surface area contributed by atoms with Crippen molar-refractivity contribution >= 4 is 33.3 Å². The smallest absolute Gasteiger partial charge is 0.272 e. The van der Waals surface area contributed by atoms with Crippen molar-refractivity contribution in [2.24, 2.45) is 0 Å².